The average molecular weight is 570 g/mol. The van der Waals surface area contributed by atoms with Crippen LogP contribution in [0.1, 0.15) is 26.3 Å². The first-order chi connectivity index (χ1) is 18.8. The van der Waals surface area contributed by atoms with E-state index < -0.39 is 8.32 Å². The maximum atomic E-state index is 7.44. The van der Waals surface area contributed by atoms with Crippen molar-refractivity contribution < 1.29 is 4.43 Å². The van der Waals surface area contributed by atoms with Crippen molar-refractivity contribution >= 4 is 62.7 Å². The Hall–Kier alpha value is -3.32. The molecule has 2 N–H and O–H groups in total. The zero-order valence-electron chi connectivity index (χ0n) is 22.4. The summed E-state index contributed by atoms with van der Waals surface area (Å²) >= 11 is 7.99. The van der Waals surface area contributed by atoms with E-state index in [0.29, 0.717) is 11.2 Å². The Morgan fingerprint density at radius 3 is 2.18 bits per heavy atom. The number of nitrogens with zero attached hydrogens (tertiary/aromatic N) is 2. The fourth-order valence-electron chi connectivity index (χ4n) is 5.65. The van der Waals surface area contributed by atoms with E-state index in [0.717, 1.165) is 39.6 Å². The van der Waals surface area contributed by atoms with Crippen molar-refractivity contribution in [3.8, 4) is 5.75 Å². The van der Waals surface area contributed by atoms with Crippen LogP contribution in [-0.4, -0.2) is 25.9 Å². The Kier molecular flexibility index (Phi) is 6.66. The van der Waals surface area contributed by atoms with E-state index in [1.165, 1.54) is 27.3 Å². The number of hydrogen-bond acceptors (Lipinski definition) is 5. The lowest BCUT2D eigenvalue weighted by Crippen LogP contribution is -2.68. The van der Waals surface area contributed by atoms with E-state index >= 15 is 0 Å². The van der Waals surface area contributed by atoms with Crippen LogP contribution in [0.15, 0.2) is 97.1 Å². The van der Waals surface area contributed by atoms with Crippen molar-refractivity contribution in [3.63, 3.8) is 0 Å². The van der Waals surface area contributed by atoms with Crippen LogP contribution in [0.3, 0.4) is 0 Å². The van der Waals surface area contributed by atoms with Gasteiger partial charge in [-0.05, 0) is 39.5 Å². The number of aromatic nitrogens is 1. The number of fused-ring (bicyclic) bond motifs is 1. The van der Waals surface area contributed by atoms with Gasteiger partial charge in [-0.15, -0.1) is 0 Å². The predicted molar refractivity (Wildman–Crippen MR) is 169 cm³/mol. The standard InChI is InChI=1S/C32H32ClN3OSSi/c1-32(2,3)39(25-13-6-4-7-14-25,26-15-8-5-9-16-26)37-28-19-23(20-29-30(28)35-31(34)38-29)36-21-24(36)18-22-12-10-11-17-27(22)33/h4-17,19-20,24H,18,21H2,1-3H3,(H2,34,35)/t24-,36?/m0/s1. The van der Waals surface area contributed by atoms with E-state index in [2.05, 4.69) is 111 Å². The Bertz CT molecular complexity index is 1580. The molecule has 2 heterocycles. The van der Waals surface area contributed by atoms with E-state index in [9.17, 15) is 0 Å². The molecule has 0 unspecified atom stereocenters. The smallest absolute Gasteiger partial charge is 0.320 e. The van der Waals surface area contributed by atoms with Gasteiger partial charge < -0.3 is 15.1 Å². The van der Waals surface area contributed by atoms with Gasteiger partial charge in [-0.2, -0.15) is 0 Å². The number of halogens is 1. The minimum Gasteiger partial charge on any atom is -0.532 e. The summed E-state index contributed by atoms with van der Waals surface area (Å²) in [5.74, 6) is 0.799. The summed E-state index contributed by atoms with van der Waals surface area (Å²) < 4.78 is 8.48. The minimum atomic E-state index is -2.83. The third-order valence-electron chi connectivity index (χ3n) is 7.60. The molecule has 6 rings (SSSR count). The van der Waals surface area contributed by atoms with Gasteiger partial charge in [0.2, 0.25) is 0 Å². The molecular formula is C32H32ClN3OSSi. The molecule has 0 bridgehead atoms. The van der Waals surface area contributed by atoms with Crippen LogP contribution in [-0.2, 0) is 6.42 Å². The van der Waals surface area contributed by atoms with Gasteiger partial charge in [-0.25, -0.2) is 4.98 Å². The third-order valence-corrected chi connectivity index (χ3v) is 13.7. The summed E-state index contributed by atoms with van der Waals surface area (Å²) in [5, 5.41) is 3.67. The molecule has 0 amide bonds. The highest BCUT2D eigenvalue weighted by molar-refractivity contribution is 7.22. The van der Waals surface area contributed by atoms with Crippen molar-refractivity contribution in [2.75, 3.05) is 17.2 Å². The highest BCUT2D eigenvalue weighted by Crippen LogP contribution is 2.44. The van der Waals surface area contributed by atoms with E-state index in [4.69, 9.17) is 26.7 Å². The van der Waals surface area contributed by atoms with Gasteiger partial charge in [0.05, 0.1) is 10.7 Å². The van der Waals surface area contributed by atoms with Gasteiger partial charge in [0, 0.05) is 23.3 Å². The van der Waals surface area contributed by atoms with Crippen molar-refractivity contribution in [2.24, 2.45) is 0 Å². The lowest BCUT2D eigenvalue weighted by molar-refractivity contribution is 0.512. The second kappa shape index (κ2) is 10.0. The fraction of sp³-hybridized carbons (Fsp3) is 0.219. The molecule has 7 heteroatoms. The second-order valence-corrected chi connectivity index (χ2v) is 16.9. The lowest BCUT2D eigenvalue weighted by atomic mass is 10.1. The molecule has 0 spiro atoms. The van der Waals surface area contributed by atoms with Crippen LogP contribution in [0, 0.1) is 0 Å². The molecule has 0 radical (unpaired) electrons. The number of nitrogen functional groups attached to an aromatic ring is 1. The first-order valence-electron chi connectivity index (χ1n) is 13.3. The maximum absolute atomic E-state index is 7.44. The molecule has 39 heavy (non-hydrogen) atoms. The van der Waals surface area contributed by atoms with Crippen LogP contribution < -0.4 is 25.4 Å². The monoisotopic (exact) mass is 569 g/mol. The SMILES string of the molecule is CC(C)(C)[Si](Oc1cc(N2C[C@@H]2Cc2ccccc2Cl)cc2sc(N)nc12)(c1ccccc1)c1ccccc1. The van der Waals surface area contributed by atoms with Gasteiger partial charge in [0.1, 0.15) is 11.3 Å². The van der Waals surface area contributed by atoms with Crippen LogP contribution in [0.25, 0.3) is 10.2 Å². The molecule has 1 saturated heterocycles. The lowest BCUT2D eigenvalue weighted by Gasteiger charge is -2.43. The predicted octanol–water partition coefficient (Wildman–Crippen LogP) is 6.90. The molecule has 1 aliphatic heterocycles. The molecule has 4 nitrogen and oxygen atoms in total. The molecule has 1 aromatic heterocycles. The maximum Gasteiger partial charge on any atom is 0.320 e. The van der Waals surface area contributed by atoms with Crippen molar-refractivity contribution in [1.29, 1.82) is 0 Å². The first kappa shape index (κ1) is 25.9. The van der Waals surface area contributed by atoms with Gasteiger partial charge in [0.25, 0.3) is 0 Å². The van der Waals surface area contributed by atoms with Crippen molar-refractivity contribution in [2.45, 2.75) is 38.3 Å². The molecule has 1 fully saturated rings. The number of anilines is 2. The van der Waals surface area contributed by atoms with Crippen LogP contribution in [0.2, 0.25) is 10.1 Å². The second-order valence-electron chi connectivity index (χ2n) is 11.2. The van der Waals surface area contributed by atoms with Gasteiger partial charge in [-0.1, -0.05) is 123 Å². The summed E-state index contributed by atoms with van der Waals surface area (Å²) in [5.41, 5.74) is 9.40. The first-order valence-corrected chi connectivity index (χ1v) is 16.4. The molecule has 198 valence electrons. The summed E-state index contributed by atoms with van der Waals surface area (Å²) in [6.07, 6.45) is 0.910. The van der Waals surface area contributed by atoms with Gasteiger partial charge in [-0.3, -0.25) is 0 Å². The van der Waals surface area contributed by atoms with E-state index in [1.54, 1.807) is 0 Å². The highest BCUT2D eigenvalue weighted by Gasteiger charge is 2.52. The van der Waals surface area contributed by atoms with Crippen molar-refractivity contribution in [1.82, 2.24) is 4.98 Å². The number of thiazole rings is 1. The van der Waals surface area contributed by atoms with Crippen LogP contribution in [0.5, 0.6) is 5.75 Å². The molecule has 0 aliphatic carbocycles. The van der Waals surface area contributed by atoms with Crippen molar-refractivity contribution in [3.05, 3.63) is 108 Å². The zero-order valence-corrected chi connectivity index (χ0v) is 25.0. The summed E-state index contributed by atoms with van der Waals surface area (Å²) in [7, 11) is -2.83. The molecule has 1 aliphatic rings. The molecule has 4 aromatic carbocycles. The minimum absolute atomic E-state index is 0.161. The number of nitrogens with two attached hydrogens (primary N) is 1. The number of rotatable bonds is 7. The van der Waals surface area contributed by atoms with Gasteiger partial charge in [0.15, 0.2) is 5.13 Å². The Morgan fingerprint density at radius 2 is 1.56 bits per heavy atom. The Labute approximate surface area is 240 Å². The quantitative estimate of drug-likeness (QED) is 0.171. The van der Waals surface area contributed by atoms with E-state index in [1.807, 2.05) is 12.1 Å². The highest BCUT2D eigenvalue weighted by atomic mass is 35.5. The third kappa shape index (κ3) is 4.82. The summed E-state index contributed by atoms with van der Waals surface area (Å²) in [6, 6.07) is 34.3. The van der Waals surface area contributed by atoms with Crippen LogP contribution in [0.4, 0.5) is 10.8 Å². The zero-order chi connectivity index (χ0) is 27.2. The average Bonchev–Trinajstić information content (AvgIpc) is 3.59. The fourth-order valence-corrected chi connectivity index (χ4v) is 11.1. The Morgan fingerprint density at radius 1 is 0.949 bits per heavy atom. The van der Waals surface area contributed by atoms with Gasteiger partial charge >= 0.3 is 8.32 Å². The van der Waals surface area contributed by atoms with E-state index in [-0.39, 0.29) is 5.04 Å². The largest absolute Gasteiger partial charge is 0.532 e. The number of benzene rings is 4. The van der Waals surface area contributed by atoms with Crippen LogP contribution >= 0.6 is 22.9 Å². The molecular weight excluding hydrogens is 538 g/mol. The summed E-state index contributed by atoms with van der Waals surface area (Å²) in [4.78, 5) is 7.16. The molecule has 1 atom stereocenters. The molecule has 0 saturated carbocycles. The summed E-state index contributed by atoms with van der Waals surface area (Å²) in [6.45, 7) is 7.85. The Balaban J connectivity index is 1.46. The normalized spacial score (nSPS) is 15.5. The number of hydrogen-bond donors (Lipinski definition) is 1. The molecule has 5 aromatic rings. The topological polar surface area (TPSA) is 51.1 Å².